The van der Waals surface area contributed by atoms with Crippen LogP contribution >= 0.6 is 0 Å². The van der Waals surface area contributed by atoms with Crippen LogP contribution in [-0.4, -0.2) is 23.6 Å². The van der Waals surface area contributed by atoms with Crippen molar-refractivity contribution in [3.8, 4) is 5.75 Å². The molecular formula is C18H19NO5. The molecule has 1 atom stereocenters. The molecule has 0 saturated heterocycles. The lowest BCUT2D eigenvalue weighted by atomic mass is 10.0. The fourth-order valence-electron chi connectivity index (χ4n) is 2.85. The molecule has 2 aromatic rings. The van der Waals surface area contributed by atoms with Gasteiger partial charge in [0.05, 0.1) is 18.4 Å². The molecule has 0 unspecified atom stereocenters. The zero-order chi connectivity index (χ0) is 17.1. The van der Waals surface area contributed by atoms with Crippen molar-refractivity contribution in [3.63, 3.8) is 0 Å². The summed E-state index contributed by atoms with van der Waals surface area (Å²) in [6.45, 7) is 2.58. The number of amides is 1. The lowest BCUT2D eigenvalue weighted by molar-refractivity contribution is -0.139. The van der Waals surface area contributed by atoms with Gasteiger partial charge in [-0.2, -0.15) is 0 Å². The highest BCUT2D eigenvalue weighted by molar-refractivity contribution is 5.97. The SMILES string of the molecule is CCCc1occc1C(=O)N[C@H](C(=O)O)c1ccc2c(c1)CCO2. The molecule has 1 aliphatic rings. The van der Waals surface area contributed by atoms with Crippen LogP contribution < -0.4 is 10.1 Å². The van der Waals surface area contributed by atoms with Crippen molar-refractivity contribution in [1.82, 2.24) is 5.32 Å². The van der Waals surface area contributed by atoms with Gasteiger partial charge in [0.1, 0.15) is 11.5 Å². The van der Waals surface area contributed by atoms with Gasteiger partial charge >= 0.3 is 5.97 Å². The predicted octanol–water partition coefficient (Wildman–Crippen LogP) is 2.72. The van der Waals surface area contributed by atoms with E-state index in [4.69, 9.17) is 9.15 Å². The smallest absolute Gasteiger partial charge is 0.330 e. The third-order valence-corrected chi connectivity index (χ3v) is 4.04. The van der Waals surface area contributed by atoms with Crippen LogP contribution in [0.1, 0.15) is 46.6 Å². The van der Waals surface area contributed by atoms with Crippen LogP contribution in [0.3, 0.4) is 0 Å². The number of fused-ring (bicyclic) bond motifs is 1. The second-order valence-corrected chi connectivity index (χ2v) is 5.72. The van der Waals surface area contributed by atoms with Crippen molar-refractivity contribution >= 4 is 11.9 Å². The second kappa shape index (κ2) is 6.78. The van der Waals surface area contributed by atoms with Gasteiger partial charge in [0.15, 0.2) is 6.04 Å². The highest BCUT2D eigenvalue weighted by Gasteiger charge is 2.26. The number of furan rings is 1. The van der Waals surface area contributed by atoms with Gasteiger partial charge < -0.3 is 19.6 Å². The van der Waals surface area contributed by atoms with E-state index in [1.807, 2.05) is 6.92 Å². The van der Waals surface area contributed by atoms with Crippen LogP contribution in [-0.2, 0) is 17.6 Å². The van der Waals surface area contributed by atoms with Crippen LogP contribution in [0.5, 0.6) is 5.75 Å². The molecule has 2 heterocycles. The molecule has 0 saturated carbocycles. The standard InChI is InChI=1S/C18H19NO5/c1-2-3-15-13(7-9-24-15)17(20)19-16(18(21)22)12-4-5-14-11(10-12)6-8-23-14/h4-5,7,9-10,16H,2-3,6,8H2,1H3,(H,19,20)(H,21,22)/t16-/m0/s1. The molecule has 2 N–H and O–H groups in total. The van der Waals surface area contributed by atoms with E-state index >= 15 is 0 Å². The topological polar surface area (TPSA) is 88.8 Å². The summed E-state index contributed by atoms with van der Waals surface area (Å²) in [5, 5.41) is 12.1. The molecule has 6 heteroatoms. The molecule has 1 aromatic carbocycles. The molecule has 0 fully saturated rings. The Hall–Kier alpha value is -2.76. The van der Waals surface area contributed by atoms with Gasteiger partial charge in [-0.3, -0.25) is 4.79 Å². The van der Waals surface area contributed by atoms with E-state index in [2.05, 4.69) is 5.32 Å². The van der Waals surface area contributed by atoms with Crippen molar-refractivity contribution in [2.45, 2.75) is 32.2 Å². The molecule has 24 heavy (non-hydrogen) atoms. The fourth-order valence-corrected chi connectivity index (χ4v) is 2.85. The van der Waals surface area contributed by atoms with Crippen molar-refractivity contribution in [3.05, 3.63) is 53.0 Å². The first-order valence-corrected chi connectivity index (χ1v) is 7.95. The van der Waals surface area contributed by atoms with Crippen molar-refractivity contribution < 1.29 is 23.8 Å². The van der Waals surface area contributed by atoms with Gasteiger partial charge in [-0.25, -0.2) is 4.79 Å². The van der Waals surface area contributed by atoms with Crippen molar-refractivity contribution in [1.29, 1.82) is 0 Å². The Morgan fingerprint density at radius 2 is 2.17 bits per heavy atom. The van der Waals surface area contributed by atoms with E-state index in [0.717, 1.165) is 24.2 Å². The van der Waals surface area contributed by atoms with Crippen molar-refractivity contribution in [2.75, 3.05) is 6.61 Å². The lowest BCUT2D eigenvalue weighted by Crippen LogP contribution is -2.34. The number of aryl methyl sites for hydroxylation is 1. The summed E-state index contributed by atoms with van der Waals surface area (Å²) < 4.78 is 10.7. The highest BCUT2D eigenvalue weighted by Crippen LogP contribution is 2.28. The maximum atomic E-state index is 12.5. The maximum absolute atomic E-state index is 12.5. The number of rotatable bonds is 6. The molecule has 0 radical (unpaired) electrons. The summed E-state index contributed by atoms with van der Waals surface area (Å²) in [4.78, 5) is 24.1. The first-order chi connectivity index (χ1) is 11.6. The predicted molar refractivity (Wildman–Crippen MR) is 86.2 cm³/mol. The zero-order valence-electron chi connectivity index (χ0n) is 13.4. The second-order valence-electron chi connectivity index (χ2n) is 5.72. The first-order valence-electron chi connectivity index (χ1n) is 7.95. The maximum Gasteiger partial charge on any atom is 0.330 e. The van der Waals surface area contributed by atoms with E-state index in [-0.39, 0.29) is 0 Å². The minimum Gasteiger partial charge on any atom is -0.493 e. The molecular weight excluding hydrogens is 310 g/mol. The van der Waals surface area contributed by atoms with Crippen LogP contribution in [0.4, 0.5) is 0 Å². The average Bonchev–Trinajstić information content (AvgIpc) is 3.20. The number of nitrogens with one attached hydrogen (secondary N) is 1. The summed E-state index contributed by atoms with van der Waals surface area (Å²) in [7, 11) is 0. The van der Waals surface area contributed by atoms with Crippen LogP contribution in [0.15, 0.2) is 34.9 Å². The van der Waals surface area contributed by atoms with E-state index in [1.165, 1.54) is 6.26 Å². The largest absolute Gasteiger partial charge is 0.493 e. The van der Waals surface area contributed by atoms with Gasteiger partial charge in [0, 0.05) is 12.8 Å². The molecule has 0 bridgehead atoms. The molecule has 6 nitrogen and oxygen atoms in total. The third kappa shape index (κ3) is 3.13. The Labute approximate surface area is 139 Å². The number of aliphatic carboxylic acids is 1. The van der Waals surface area contributed by atoms with E-state index in [9.17, 15) is 14.7 Å². The summed E-state index contributed by atoms with van der Waals surface area (Å²) in [6.07, 6.45) is 3.65. The summed E-state index contributed by atoms with van der Waals surface area (Å²) in [6, 6.07) is 5.65. The molecule has 1 aliphatic heterocycles. The minimum atomic E-state index is -1.12. The van der Waals surface area contributed by atoms with Gasteiger partial charge in [0.2, 0.25) is 0 Å². The average molecular weight is 329 g/mol. The molecule has 126 valence electrons. The quantitative estimate of drug-likeness (QED) is 0.850. The summed E-state index contributed by atoms with van der Waals surface area (Å²) >= 11 is 0. The summed E-state index contributed by atoms with van der Waals surface area (Å²) in [5.74, 6) is -0.213. The number of hydrogen-bond donors (Lipinski definition) is 2. The third-order valence-electron chi connectivity index (χ3n) is 4.04. The number of carboxylic acid groups (broad SMARTS) is 1. The van der Waals surface area contributed by atoms with Gasteiger partial charge in [0.25, 0.3) is 5.91 Å². The van der Waals surface area contributed by atoms with E-state index in [1.54, 1.807) is 24.3 Å². The van der Waals surface area contributed by atoms with Gasteiger partial charge in [-0.05, 0) is 35.7 Å². The highest BCUT2D eigenvalue weighted by atomic mass is 16.5. The van der Waals surface area contributed by atoms with E-state index in [0.29, 0.717) is 29.9 Å². The number of carbonyl (C=O) groups is 2. The molecule has 3 rings (SSSR count). The van der Waals surface area contributed by atoms with Crippen LogP contribution in [0.25, 0.3) is 0 Å². The zero-order valence-corrected chi connectivity index (χ0v) is 13.4. The van der Waals surface area contributed by atoms with Gasteiger partial charge in [-0.1, -0.05) is 13.0 Å². The number of benzene rings is 1. The number of carboxylic acids is 1. The Morgan fingerprint density at radius 3 is 2.92 bits per heavy atom. The lowest BCUT2D eigenvalue weighted by Gasteiger charge is -2.15. The monoisotopic (exact) mass is 329 g/mol. The summed E-state index contributed by atoms with van der Waals surface area (Å²) in [5.41, 5.74) is 1.87. The fraction of sp³-hybridized carbons (Fsp3) is 0.333. The number of hydrogen-bond acceptors (Lipinski definition) is 4. The first kappa shape index (κ1) is 16.1. The van der Waals surface area contributed by atoms with Crippen LogP contribution in [0.2, 0.25) is 0 Å². The number of ether oxygens (including phenoxy) is 1. The Morgan fingerprint density at radius 1 is 1.33 bits per heavy atom. The Bertz CT molecular complexity index is 765. The van der Waals surface area contributed by atoms with Crippen molar-refractivity contribution in [2.24, 2.45) is 0 Å². The van der Waals surface area contributed by atoms with Crippen LogP contribution in [0, 0.1) is 0 Å². The molecule has 1 amide bonds. The number of carbonyl (C=O) groups excluding carboxylic acids is 1. The van der Waals surface area contributed by atoms with E-state index < -0.39 is 17.9 Å². The van der Waals surface area contributed by atoms with Gasteiger partial charge in [-0.15, -0.1) is 0 Å². The minimum absolute atomic E-state index is 0.382. The molecule has 0 aliphatic carbocycles. The molecule has 1 aromatic heterocycles. The Kier molecular flexibility index (Phi) is 4.55. The Balaban J connectivity index is 1.83. The normalized spacial score (nSPS) is 13.9. The molecule has 0 spiro atoms.